The molecule has 2 aliphatic carbocycles. The fourth-order valence-electron chi connectivity index (χ4n) is 3.53. The fourth-order valence-corrected chi connectivity index (χ4v) is 3.53. The van der Waals surface area contributed by atoms with Gasteiger partial charge in [0.2, 0.25) is 5.91 Å². The van der Waals surface area contributed by atoms with Crippen LogP contribution in [0.25, 0.3) is 0 Å². The number of carbonyl (C=O) groups excluding carboxylic acids is 2. The number of carbonyl (C=O) groups is 2. The van der Waals surface area contributed by atoms with Crippen molar-refractivity contribution in [3.63, 3.8) is 0 Å². The van der Waals surface area contributed by atoms with Gasteiger partial charge in [-0.2, -0.15) is 5.10 Å². The minimum absolute atomic E-state index is 0.0114. The summed E-state index contributed by atoms with van der Waals surface area (Å²) in [7, 11) is 0. The predicted molar refractivity (Wildman–Crippen MR) is 101 cm³/mol. The van der Waals surface area contributed by atoms with Crippen LogP contribution in [0, 0.1) is 0 Å². The van der Waals surface area contributed by atoms with Crippen molar-refractivity contribution in [3.8, 4) is 0 Å². The standard InChI is InChI=1S/C20H25N5O2/c26-19(12-21-20(27)23-15-9-10-15)24-17-7-4-8-18-16(17)11-22-25(18)13-14-5-2-1-3-6-14/h1-3,5-6,11,15,17H,4,7-10,12-13H2,(H,24,26)(H2,21,23,27). The third-order valence-electron chi connectivity index (χ3n) is 5.10. The van der Waals surface area contributed by atoms with Crippen molar-refractivity contribution in [2.45, 2.75) is 50.7 Å². The van der Waals surface area contributed by atoms with E-state index in [1.165, 1.54) is 11.3 Å². The molecule has 0 radical (unpaired) electrons. The van der Waals surface area contributed by atoms with E-state index in [9.17, 15) is 9.59 Å². The van der Waals surface area contributed by atoms with E-state index in [0.29, 0.717) is 0 Å². The lowest BCUT2D eigenvalue weighted by Gasteiger charge is -2.24. The molecular weight excluding hydrogens is 342 g/mol. The molecule has 3 N–H and O–H groups in total. The first-order valence-corrected chi connectivity index (χ1v) is 9.61. The summed E-state index contributed by atoms with van der Waals surface area (Å²) >= 11 is 0. The zero-order valence-corrected chi connectivity index (χ0v) is 15.3. The lowest BCUT2D eigenvalue weighted by molar-refractivity contribution is -0.120. The molecule has 1 unspecified atom stereocenters. The molecule has 0 spiro atoms. The maximum Gasteiger partial charge on any atom is 0.315 e. The average Bonchev–Trinajstić information content (AvgIpc) is 3.40. The second-order valence-corrected chi connectivity index (χ2v) is 7.30. The van der Waals surface area contributed by atoms with Crippen LogP contribution < -0.4 is 16.0 Å². The molecule has 7 nitrogen and oxygen atoms in total. The van der Waals surface area contributed by atoms with Gasteiger partial charge in [-0.15, -0.1) is 0 Å². The zero-order valence-electron chi connectivity index (χ0n) is 15.3. The van der Waals surface area contributed by atoms with E-state index in [4.69, 9.17) is 0 Å². The summed E-state index contributed by atoms with van der Waals surface area (Å²) in [5.41, 5.74) is 3.49. The van der Waals surface area contributed by atoms with Crippen LogP contribution in [0.15, 0.2) is 36.5 Å². The number of hydrogen-bond donors (Lipinski definition) is 3. The maximum atomic E-state index is 12.2. The molecule has 7 heteroatoms. The van der Waals surface area contributed by atoms with Crippen LogP contribution in [0.5, 0.6) is 0 Å². The Morgan fingerprint density at radius 3 is 2.70 bits per heavy atom. The van der Waals surface area contributed by atoms with Crippen molar-refractivity contribution >= 4 is 11.9 Å². The number of benzene rings is 1. The van der Waals surface area contributed by atoms with Crippen LogP contribution in [0.2, 0.25) is 0 Å². The van der Waals surface area contributed by atoms with E-state index in [1.807, 2.05) is 29.1 Å². The van der Waals surface area contributed by atoms with E-state index in [1.54, 1.807) is 0 Å². The Morgan fingerprint density at radius 1 is 1.11 bits per heavy atom. The van der Waals surface area contributed by atoms with Crippen LogP contribution in [-0.2, 0) is 17.8 Å². The third-order valence-corrected chi connectivity index (χ3v) is 5.10. The molecule has 1 saturated carbocycles. The number of rotatable bonds is 6. The number of urea groups is 1. The molecule has 142 valence electrons. The topological polar surface area (TPSA) is 88.1 Å². The van der Waals surface area contributed by atoms with Crippen molar-refractivity contribution in [3.05, 3.63) is 53.3 Å². The van der Waals surface area contributed by atoms with Crippen LogP contribution in [0.3, 0.4) is 0 Å². The van der Waals surface area contributed by atoms with Gasteiger partial charge in [-0.3, -0.25) is 9.48 Å². The monoisotopic (exact) mass is 367 g/mol. The highest BCUT2D eigenvalue weighted by atomic mass is 16.2. The summed E-state index contributed by atoms with van der Waals surface area (Å²) < 4.78 is 2.03. The molecule has 4 rings (SSSR count). The molecular formula is C20H25N5O2. The van der Waals surface area contributed by atoms with Gasteiger partial charge in [0.05, 0.1) is 25.3 Å². The maximum absolute atomic E-state index is 12.2. The Balaban J connectivity index is 1.35. The first-order valence-electron chi connectivity index (χ1n) is 9.61. The van der Waals surface area contributed by atoms with Gasteiger partial charge in [-0.1, -0.05) is 30.3 Å². The average molecular weight is 367 g/mol. The number of amides is 3. The first kappa shape index (κ1) is 17.6. The second kappa shape index (κ2) is 7.82. The SMILES string of the molecule is O=C(CNC(=O)NC1CC1)NC1CCCc2c1cnn2Cc1ccccc1. The molecule has 0 aliphatic heterocycles. The lowest BCUT2D eigenvalue weighted by atomic mass is 9.93. The highest BCUT2D eigenvalue weighted by Gasteiger charge is 2.26. The van der Waals surface area contributed by atoms with Gasteiger partial charge in [0.15, 0.2) is 0 Å². The molecule has 27 heavy (non-hydrogen) atoms. The summed E-state index contributed by atoms with van der Waals surface area (Å²) in [6.07, 6.45) is 6.79. The van der Waals surface area contributed by atoms with Crippen LogP contribution in [-0.4, -0.2) is 34.3 Å². The van der Waals surface area contributed by atoms with E-state index < -0.39 is 0 Å². The molecule has 1 aromatic heterocycles. The van der Waals surface area contributed by atoms with Crippen LogP contribution in [0.4, 0.5) is 4.79 Å². The van der Waals surface area contributed by atoms with Crippen LogP contribution >= 0.6 is 0 Å². The predicted octanol–water partition coefficient (Wildman–Crippen LogP) is 1.89. The third kappa shape index (κ3) is 4.48. The molecule has 1 atom stereocenters. The van der Waals surface area contributed by atoms with Gasteiger partial charge in [0, 0.05) is 17.3 Å². The Hall–Kier alpha value is -2.83. The summed E-state index contributed by atoms with van der Waals surface area (Å²) in [5, 5.41) is 13.0. The Kier molecular flexibility index (Phi) is 5.09. The van der Waals surface area contributed by atoms with E-state index >= 15 is 0 Å². The van der Waals surface area contributed by atoms with Gasteiger partial charge >= 0.3 is 6.03 Å². The molecule has 1 fully saturated rings. The highest BCUT2D eigenvalue weighted by Crippen LogP contribution is 2.29. The lowest BCUT2D eigenvalue weighted by Crippen LogP contribution is -2.43. The molecule has 0 bridgehead atoms. The Labute approximate surface area is 158 Å². The van der Waals surface area contributed by atoms with Gasteiger partial charge in [-0.25, -0.2) is 4.79 Å². The van der Waals surface area contributed by atoms with E-state index in [-0.39, 0.29) is 30.6 Å². The molecule has 2 aromatic rings. The summed E-state index contributed by atoms with van der Waals surface area (Å²) in [6.45, 7) is 0.724. The van der Waals surface area contributed by atoms with Crippen molar-refractivity contribution in [1.82, 2.24) is 25.7 Å². The van der Waals surface area contributed by atoms with E-state index in [0.717, 1.165) is 44.2 Å². The van der Waals surface area contributed by atoms with Crippen molar-refractivity contribution in [2.75, 3.05) is 6.54 Å². The highest BCUT2D eigenvalue weighted by molar-refractivity contribution is 5.84. The number of fused-ring (bicyclic) bond motifs is 1. The summed E-state index contributed by atoms with van der Waals surface area (Å²) in [4.78, 5) is 23.9. The normalized spacial score (nSPS) is 18.4. The summed E-state index contributed by atoms with van der Waals surface area (Å²) in [5.74, 6) is -0.172. The molecule has 3 amide bonds. The Morgan fingerprint density at radius 2 is 1.93 bits per heavy atom. The number of hydrogen-bond acceptors (Lipinski definition) is 3. The summed E-state index contributed by atoms with van der Waals surface area (Å²) in [6, 6.07) is 10.2. The molecule has 2 aliphatic rings. The van der Waals surface area contributed by atoms with Gasteiger partial charge in [0.25, 0.3) is 0 Å². The van der Waals surface area contributed by atoms with Crippen molar-refractivity contribution < 1.29 is 9.59 Å². The van der Waals surface area contributed by atoms with Gasteiger partial charge in [0.1, 0.15) is 0 Å². The molecule has 1 heterocycles. The second-order valence-electron chi connectivity index (χ2n) is 7.30. The number of nitrogens with zero attached hydrogens (tertiary/aromatic N) is 2. The van der Waals surface area contributed by atoms with Gasteiger partial charge < -0.3 is 16.0 Å². The van der Waals surface area contributed by atoms with Crippen molar-refractivity contribution in [2.24, 2.45) is 0 Å². The van der Waals surface area contributed by atoms with Crippen molar-refractivity contribution in [1.29, 1.82) is 0 Å². The number of nitrogens with one attached hydrogen (secondary N) is 3. The minimum Gasteiger partial charge on any atom is -0.348 e. The van der Waals surface area contributed by atoms with Crippen LogP contribution in [0.1, 0.15) is 48.5 Å². The van der Waals surface area contributed by atoms with Gasteiger partial charge in [-0.05, 0) is 37.7 Å². The Bertz CT molecular complexity index is 813. The zero-order chi connectivity index (χ0) is 18.6. The fraction of sp³-hybridized carbons (Fsp3) is 0.450. The largest absolute Gasteiger partial charge is 0.348 e. The minimum atomic E-state index is -0.271. The number of aromatic nitrogens is 2. The molecule has 1 aromatic carbocycles. The molecule has 0 saturated heterocycles. The smallest absolute Gasteiger partial charge is 0.315 e. The van der Waals surface area contributed by atoms with E-state index in [2.05, 4.69) is 33.2 Å². The first-order chi connectivity index (χ1) is 13.2. The quantitative estimate of drug-likeness (QED) is 0.728.